The van der Waals surface area contributed by atoms with Crippen molar-refractivity contribution in [1.29, 1.82) is 0 Å². The van der Waals surface area contributed by atoms with Crippen LogP contribution in [0.25, 0.3) is 0 Å². The number of benzene rings is 2. The largest absolute Gasteiger partial charge is 0.507 e. The van der Waals surface area contributed by atoms with Crippen LogP contribution in [0.3, 0.4) is 0 Å². The second-order valence-electron chi connectivity index (χ2n) is 4.14. The molecule has 0 unspecified atom stereocenters. The van der Waals surface area contributed by atoms with Crippen molar-refractivity contribution in [1.82, 2.24) is 5.32 Å². The number of thioether (sulfide) groups is 1. The number of phenols is 1. The molecule has 2 aromatic rings. The number of halogens is 1. The van der Waals surface area contributed by atoms with E-state index in [9.17, 15) is 14.7 Å². The van der Waals surface area contributed by atoms with Gasteiger partial charge >= 0.3 is 0 Å². The van der Waals surface area contributed by atoms with Gasteiger partial charge in [0.2, 0.25) is 5.91 Å². The van der Waals surface area contributed by atoms with Gasteiger partial charge in [0.1, 0.15) is 5.75 Å². The molecule has 0 aliphatic heterocycles. The van der Waals surface area contributed by atoms with E-state index in [2.05, 4.69) is 5.32 Å². The first kappa shape index (κ1) is 15.4. The van der Waals surface area contributed by atoms with Gasteiger partial charge in [0.05, 0.1) is 5.75 Å². The summed E-state index contributed by atoms with van der Waals surface area (Å²) < 4.78 is 0. The maximum absolute atomic E-state index is 11.8. The van der Waals surface area contributed by atoms with Crippen LogP contribution in [0.4, 0.5) is 0 Å². The molecular weight excluding hydrogens is 310 g/mol. The van der Waals surface area contributed by atoms with Crippen LogP contribution < -0.4 is 5.32 Å². The van der Waals surface area contributed by atoms with Crippen LogP contribution in [0.1, 0.15) is 10.4 Å². The molecule has 2 N–H and O–H groups in total. The Labute approximate surface area is 131 Å². The van der Waals surface area contributed by atoms with Crippen molar-refractivity contribution in [2.45, 2.75) is 4.90 Å². The summed E-state index contributed by atoms with van der Waals surface area (Å²) in [7, 11) is 0. The van der Waals surface area contributed by atoms with Crippen molar-refractivity contribution in [3.8, 4) is 5.75 Å². The molecule has 0 bridgehead atoms. The Morgan fingerprint density at radius 3 is 2.43 bits per heavy atom. The second kappa shape index (κ2) is 7.15. The monoisotopic (exact) mass is 321 g/mol. The van der Waals surface area contributed by atoms with Gasteiger partial charge in [0, 0.05) is 15.5 Å². The molecule has 2 aromatic carbocycles. The first-order valence-corrected chi connectivity index (χ1v) is 7.43. The summed E-state index contributed by atoms with van der Waals surface area (Å²) in [5.74, 6) is -0.756. The van der Waals surface area contributed by atoms with Gasteiger partial charge in [0.15, 0.2) is 0 Å². The Morgan fingerprint density at radius 1 is 1.10 bits per heavy atom. The number of rotatable bonds is 4. The van der Waals surface area contributed by atoms with Crippen molar-refractivity contribution >= 4 is 35.2 Å². The minimum Gasteiger partial charge on any atom is -0.507 e. The zero-order valence-corrected chi connectivity index (χ0v) is 12.4. The van der Waals surface area contributed by atoms with Gasteiger partial charge in [0.25, 0.3) is 5.91 Å². The Balaban J connectivity index is 1.88. The lowest BCUT2D eigenvalue weighted by molar-refractivity contribution is -0.117. The number of hydrogen-bond acceptors (Lipinski definition) is 4. The third-order valence-electron chi connectivity index (χ3n) is 2.58. The van der Waals surface area contributed by atoms with Crippen molar-refractivity contribution in [2.24, 2.45) is 0 Å². The number of phenolic OH excluding ortho intramolecular Hbond substituents is 1. The molecule has 108 valence electrons. The number of carbonyl (C=O) groups excluding carboxylic acids is 2. The Bertz CT molecular complexity index is 658. The molecule has 4 nitrogen and oxygen atoms in total. The number of imide groups is 1. The predicted molar refractivity (Wildman–Crippen MR) is 82.8 cm³/mol. The maximum atomic E-state index is 11.8. The van der Waals surface area contributed by atoms with Crippen molar-refractivity contribution in [3.05, 3.63) is 59.1 Å². The van der Waals surface area contributed by atoms with E-state index in [0.717, 1.165) is 11.8 Å². The average molecular weight is 322 g/mol. The summed E-state index contributed by atoms with van der Waals surface area (Å²) in [5.41, 5.74) is 0.361. The Morgan fingerprint density at radius 2 is 1.76 bits per heavy atom. The standard InChI is InChI=1S/C15H12ClNO3S/c16-11-7-5-10(6-8-11)15(20)17-14(19)9-21-13-4-2-1-3-12(13)18/h1-8,18H,9H2,(H,17,19,20). The molecule has 0 saturated heterocycles. The van der Waals surface area contributed by atoms with Crippen LogP contribution in [-0.2, 0) is 4.79 Å². The first-order chi connectivity index (χ1) is 10.1. The molecule has 0 radical (unpaired) electrons. The topological polar surface area (TPSA) is 66.4 Å². The van der Waals surface area contributed by atoms with Crippen LogP contribution >= 0.6 is 23.4 Å². The molecule has 0 spiro atoms. The zero-order valence-electron chi connectivity index (χ0n) is 10.9. The summed E-state index contributed by atoms with van der Waals surface area (Å²) >= 11 is 6.89. The first-order valence-electron chi connectivity index (χ1n) is 6.07. The van der Waals surface area contributed by atoms with Gasteiger partial charge < -0.3 is 5.11 Å². The fraction of sp³-hybridized carbons (Fsp3) is 0.0667. The molecule has 0 fully saturated rings. The maximum Gasteiger partial charge on any atom is 0.257 e. The lowest BCUT2D eigenvalue weighted by Gasteiger charge is -2.05. The Hall–Kier alpha value is -1.98. The minimum atomic E-state index is -0.477. The van der Waals surface area contributed by atoms with E-state index < -0.39 is 11.8 Å². The molecule has 0 aliphatic rings. The highest BCUT2D eigenvalue weighted by molar-refractivity contribution is 8.00. The van der Waals surface area contributed by atoms with E-state index in [4.69, 9.17) is 11.6 Å². The second-order valence-corrected chi connectivity index (χ2v) is 5.59. The highest BCUT2D eigenvalue weighted by Crippen LogP contribution is 2.27. The molecule has 2 amide bonds. The Kier molecular flexibility index (Phi) is 5.25. The fourth-order valence-electron chi connectivity index (χ4n) is 1.56. The number of aromatic hydroxyl groups is 1. The van der Waals surface area contributed by atoms with Crippen LogP contribution in [0.15, 0.2) is 53.4 Å². The average Bonchev–Trinajstić information content (AvgIpc) is 2.47. The summed E-state index contributed by atoms with van der Waals surface area (Å²) in [6.45, 7) is 0. The summed E-state index contributed by atoms with van der Waals surface area (Å²) in [5, 5.41) is 12.4. The molecule has 0 aromatic heterocycles. The van der Waals surface area contributed by atoms with Gasteiger partial charge in [-0.2, -0.15) is 0 Å². The van der Waals surface area contributed by atoms with Gasteiger partial charge in [-0.15, -0.1) is 11.8 Å². The van der Waals surface area contributed by atoms with E-state index in [0.29, 0.717) is 15.5 Å². The third-order valence-corrected chi connectivity index (χ3v) is 3.90. The summed E-state index contributed by atoms with van der Waals surface area (Å²) in [4.78, 5) is 24.1. The smallest absolute Gasteiger partial charge is 0.257 e. The number of amides is 2. The molecule has 0 aliphatic carbocycles. The predicted octanol–water partition coefficient (Wildman–Crippen LogP) is 3.09. The van der Waals surface area contributed by atoms with Crippen LogP contribution in [0, 0.1) is 0 Å². The van der Waals surface area contributed by atoms with E-state index in [1.807, 2.05) is 0 Å². The van der Waals surface area contributed by atoms with Crippen molar-refractivity contribution in [3.63, 3.8) is 0 Å². The molecule has 0 saturated carbocycles. The number of nitrogens with one attached hydrogen (secondary N) is 1. The number of carbonyl (C=O) groups is 2. The van der Waals surface area contributed by atoms with Crippen LogP contribution in [0.2, 0.25) is 5.02 Å². The molecular formula is C15H12ClNO3S. The molecule has 0 heterocycles. The van der Waals surface area contributed by atoms with Gasteiger partial charge in [-0.25, -0.2) is 0 Å². The molecule has 0 atom stereocenters. The summed E-state index contributed by atoms with van der Waals surface area (Å²) in [6.07, 6.45) is 0. The van der Waals surface area contributed by atoms with Crippen molar-refractivity contribution in [2.75, 3.05) is 5.75 Å². The lowest BCUT2D eigenvalue weighted by atomic mass is 10.2. The molecule has 2 rings (SSSR count). The fourth-order valence-corrected chi connectivity index (χ4v) is 2.43. The quantitative estimate of drug-likeness (QED) is 0.849. The van der Waals surface area contributed by atoms with E-state index in [1.54, 1.807) is 48.5 Å². The van der Waals surface area contributed by atoms with Crippen LogP contribution in [0.5, 0.6) is 5.75 Å². The number of para-hydroxylation sites is 1. The van der Waals surface area contributed by atoms with Gasteiger partial charge in [-0.05, 0) is 36.4 Å². The number of hydrogen-bond donors (Lipinski definition) is 2. The van der Waals surface area contributed by atoms with Crippen molar-refractivity contribution < 1.29 is 14.7 Å². The van der Waals surface area contributed by atoms with Gasteiger partial charge in [-0.1, -0.05) is 23.7 Å². The SMILES string of the molecule is O=C(CSc1ccccc1O)NC(=O)c1ccc(Cl)cc1. The van der Waals surface area contributed by atoms with E-state index in [1.165, 1.54) is 0 Å². The minimum absolute atomic E-state index is 0.0386. The molecule has 6 heteroatoms. The van der Waals surface area contributed by atoms with E-state index >= 15 is 0 Å². The van der Waals surface area contributed by atoms with Crippen LogP contribution in [-0.4, -0.2) is 22.7 Å². The van der Waals surface area contributed by atoms with Gasteiger partial charge in [-0.3, -0.25) is 14.9 Å². The highest BCUT2D eigenvalue weighted by Gasteiger charge is 2.11. The van der Waals surface area contributed by atoms with E-state index in [-0.39, 0.29) is 11.5 Å². The third kappa shape index (κ3) is 4.51. The lowest BCUT2D eigenvalue weighted by Crippen LogP contribution is -2.31. The zero-order chi connectivity index (χ0) is 15.2. The highest BCUT2D eigenvalue weighted by atomic mass is 35.5. The summed E-state index contributed by atoms with van der Waals surface area (Å²) in [6, 6.07) is 13.0. The molecule has 21 heavy (non-hydrogen) atoms. The normalized spacial score (nSPS) is 10.1.